The van der Waals surface area contributed by atoms with Crippen LogP contribution < -0.4 is 5.32 Å². The third kappa shape index (κ3) is 1.78. The van der Waals surface area contributed by atoms with E-state index in [9.17, 15) is 4.39 Å². The molecule has 1 saturated heterocycles. The molecule has 2 aliphatic heterocycles. The summed E-state index contributed by atoms with van der Waals surface area (Å²) < 4.78 is 20.0. The van der Waals surface area contributed by atoms with Gasteiger partial charge in [0.05, 0.1) is 12.7 Å². The summed E-state index contributed by atoms with van der Waals surface area (Å²) in [6.07, 6.45) is 0.262. The second-order valence-electron chi connectivity index (χ2n) is 5.47. The summed E-state index contributed by atoms with van der Waals surface area (Å²) in [6.45, 7) is 2.43. The predicted molar refractivity (Wildman–Crippen MR) is 76.0 cm³/mol. The van der Waals surface area contributed by atoms with Gasteiger partial charge in [0.15, 0.2) is 0 Å². The summed E-state index contributed by atoms with van der Waals surface area (Å²) in [5.41, 5.74) is 4.08. The van der Waals surface area contributed by atoms with Crippen molar-refractivity contribution in [2.24, 2.45) is 0 Å². The number of halogens is 1. The molecule has 2 nitrogen and oxygen atoms in total. The smallest absolute Gasteiger partial charge is 0.131 e. The van der Waals surface area contributed by atoms with Gasteiger partial charge in [-0.25, -0.2) is 4.39 Å². The fourth-order valence-corrected chi connectivity index (χ4v) is 3.38. The second-order valence-corrected chi connectivity index (χ2v) is 5.47. The van der Waals surface area contributed by atoms with E-state index in [1.165, 1.54) is 11.6 Å². The van der Waals surface area contributed by atoms with E-state index in [1.54, 1.807) is 6.07 Å². The van der Waals surface area contributed by atoms with Crippen LogP contribution in [-0.2, 0) is 11.3 Å². The van der Waals surface area contributed by atoms with Gasteiger partial charge < -0.3 is 10.1 Å². The monoisotopic (exact) mass is 269 g/mol. The number of benzene rings is 2. The molecule has 0 unspecified atom stereocenters. The Balaban J connectivity index is 1.87. The van der Waals surface area contributed by atoms with Gasteiger partial charge in [-0.05, 0) is 22.8 Å². The Morgan fingerprint density at radius 2 is 1.85 bits per heavy atom. The van der Waals surface area contributed by atoms with Crippen LogP contribution in [0.1, 0.15) is 17.0 Å². The minimum Gasteiger partial charge on any atom is -0.371 e. The number of ether oxygens (including phenoxy) is 1. The Hall–Kier alpha value is -1.71. The number of hydrogen-bond donors (Lipinski definition) is 1. The summed E-state index contributed by atoms with van der Waals surface area (Å²) >= 11 is 0. The van der Waals surface area contributed by atoms with E-state index in [4.69, 9.17) is 4.74 Å². The molecular weight excluding hydrogens is 253 g/mol. The van der Waals surface area contributed by atoms with Gasteiger partial charge in [-0.2, -0.15) is 0 Å². The SMILES string of the molecule is Fc1ccccc1-c1cccc2c1CO[C@@H]1CNC[C@H]21. The van der Waals surface area contributed by atoms with Crippen LogP contribution in [0.3, 0.4) is 0 Å². The Labute approximate surface area is 117 Å². The van der Waals surface area contributed by atoms with E-state index in [1.807, 2.05) is 24.3 Å². The highest BCUT2D eigenvalue weighted by atomic mass is 19.1. The Morgan fingerprint density at radius 1 is 1.00 bits per heavy atom. The Morgan fingerprint density at radius 3 is 2.75 bits per heavy atom. The largest absolute Gasteiger partial charge is 0.371 e. The van der Waals surface area contributed by atoms with Crippen molar-refractivity contribution >= 4 is 0 Å². The molecule has 4 rings (SSSR count). The van der Waals surface area contributed by atoms with Crippen molar-refractivity contribution in [3.05, 3.63) is 59.4 Å². The third-order valence-corrected chi connectivity index (χ3v) is 4.38. The molecule has 2 aromatic carbocycles. The highest BCUT2D eigenvalue weighted by Gasteiger charge is 2.35. The van der Waals surface area contributed by atoms with Crippen molar-refractivity contribution in [3.8, 4) is 11.1 Å². The molecule has 2 aromatic rings. The van der Waals surface area contributed by atoms with Crippen LogP contribution in [-0.4, -0.2) is 19.2 Å². The second kappa shape index (κ2) is 4.69. The maximum absolute atomic E-state index is 14.1. The fraction of sp³-hybridized carbons (Fsp3) is 0.294. The molecule has 0 amide bonds. The highest BCUT2D eigenvalue weighted by molar-refractivity contribution is 5.70. The fourth-order valence-electron chi connectivity index (χ4n) is 3.38. The molecule has 0 aromatic heterocycles. The first kappa shape index (κ1) is 12.1. The van der Waals surface area contributed by atoms with Crippen molar-refractivity contribution in [2.75, 3.05) is 13.1 Å². The molecule has 102 valence electrons. The zero-order chi connectivity index (χ0) is 13.5. The molecule has 1 fully saturated rings. The minimum atomic E-state index is -0.174. The number of nitrogens with one attached hydrogen (secondary N) is 1. The average Bonchev–Trinajstić information content (AvgIpc) is 2.96. The zero-order valence-electron chi connectivity index (χ0n) is 11.1. The molecule has 0 spiro atoms. The van der Waals surface area contributed by atoms with Crippen LogP contribution >= 0.6 is 0 Å². The molecule has 0 aliphatic carbocycles. The molecule has 3 heteroatoms. The van der Waals surface area contributed by atoms with Crippen molar-refractivity contribution in [1.29, 1.82) is 0 Å². The van der Waals surface area contributed by atoms with E-state index >= 15 is 0 Å². The first-order valence-electron chi connectivity index (χ1n) is 7.03. The molecule has 2 atom stereocenters. The van der Waals surface area contributed by atoms with Gasteiger partial charge >= 0.3 is 0 Å². The molecule has 0 radical (unpaired) electrons. The molecule has 20 heavy (non-hydrogen) atoms. The van der Waals surface area contributed by atoms with Crippen LogP contribution in [0.15, 0.2) is 42.5 Å². The summed E-state index contributed by atoms with van der Waals surface area (Å²) in [7, 11) is 0. The lowest BCUT2D eigenvalue weighted by molar-refractivity contribution is 0.0302. The van der Waals surface area contributed by atoms with Gasteiger partial charge in [-0.15, -0.1) is 0 Å². The van der Waals surface area contributed by atoms with Crippen LogP contribution in [0.5, 0.6) is 0 Å². The lowest BCUT2D eigenvalue weighted by Gasteiger charge is -2.29. The molecular formula is C17H16FNO. The standard InChI is InChI=1S/C17H16FNO/c18-16-7-2-1-4-13(16)11-5-3-6-12-14-8-19-9-17(14)20-10-15(11)12/h1-7,14,17,19H,8-10H2/t14-,17-/m1/s1. The van der Waals surface area contributed by atoms with Gasteiger partial charge in [0.2, 0.25) is 0 Å². The first-order chi connectivity index (χ1) is 9.84. The quantitative estimate of drug-likeness (QED) is 0.859. The van der Waals surface area contributed by atoms with Gasteiger partial charge in [0.25, 0.3) is 0 Å². The van der Waals surface area contributed by atoms with Gasteiger partial charge in [-0.3, -0.25) is 0 Å². The molecule has 0 bridgehead atoms. The van der Waals surface area contributed by atoms with Crippen LogP contribution in [0, 0.1) is 5.82 Å². The number of fused-ring (bicyclic) bond motifs is 3. The number of hydrogen-bond acceptors (Lipinski definition) is 2. The first-order valence-corrected chi connectivity index (χ1v) is 7.03. The topological polar surface area (TPSA) is 21.3 Å². The van der Waals surface area contributed by atoms with E-state index in [0.29, 0.717) is 18.1 Å². The Bertz CT molecular complexity index is 655. The van der Waals surface area contributed by atoms with Crippen LogP contribution in [0.25, 0.3) is 11.1 Å². The van der Waals surface area contributed by atoms with Crippen molar-refractivity contribution in [1.82, 2.24) is 5.32 Å². The zero-order valence-corrected chi connectivity index (χ0v) is 11.1. The Kier molecular flexibility index (Phi) is 2.83. The van der Waals surface area contributed by atoms with Gasteiger partial charge in [0, 0.05) is 24.6 Å². The van der Waals surface area contributed by atoms with Crippen molar-refractivity contribution < 1.29 is 9.13 Å². The minimum absolute atomic E-state index is 0.174. The maximum atomic E-state index is 14.1. The van der Waals surface area contributed by atoms with E-state index in [0.717, 1.165) is 24.2 Å². The molecule has 2 heterocycles. The van der Waals surface area contributed by atoms with Crippen molar-refractivity contribution in [3.63, 3.8) is 0 Å². The lowest BCUT2D eigenvalue weighted by Crippen LogP contribution is -2.27. The van der Waals surface area contributed by atoms with Crippen molar-refractivity contribution in [2.45, 2.75) is 18.6 Å². The average molecular weight is 269 g/mol. The highest BCUT2D eigenvalue weighted by Crippen LogP contribution is 2.38. The summed E-state index contributed by atoms with van der Waals surface area (Å²) in [5, 5.41) is 3.38. The lowest BCUT2D eigenvalue weighted by atomic mass is 9.85. The molecule has 0 saturated carbocycles. The van der Waals surface area contributed by atoms with Gasteiger partial charge in [0.1, 0.15) is 5.82 Å². The predicted octanol–water partition coefficient (Wildman–Crippen LogP) is 3.08. The third-order valence-electron chi connectivity index (χ3n) is 4.38. The van der Waals surface area contributed by atoms with Crippen LogP contribution in [0.2, 0.25) is 0 Å². The van der Waals surface area contributed by atoms with E-state index in [2.05, 4.69) is 11.4 Å². The summed E-state index contributed by atoms with van der Waals surface area (Å²) in [4.78, 5) is 0. The van der Waals surface area contributed by atoms with Gasteiger partial charge in [-0.1, -0.05) is 36.4 Å². The van der Waals surface area contributed by atoms with E-state index < -0.39 is 0 Å². The maximum Gasteiger partial charge on any atom is 0.131 e. The molecule has 2 aliphatic rings. The van der Waals surface area contributed by atoms with E-state index in [-0.39, 0.29) is 11.9 Å². The molecule has 1 N–H and O–H groups in total. The van der Waals surface area contributed by atoms with Crippen LogP contribution in [0.4, 0.5) is 4.39 Å². The number of rotatable bonds is 1. The summed E-state index contributed by atoms with van der Waals surface area (Å²) in [5.74, 6) is 0.220. The summed E-state index contributed by atoms with van der Waals surface area (Å²) in [6, 6.07) is 13.1. The normalized spacial score (nSPS) is 24.2.